The summed E-state index contributed by atoms with van der Waals surface area (Å²) in [5.41, 5.74) is 3.85. The quantitative estimate of drug-likeness (QED) is 0.0182. The van der Waals surface area contributed by atoms with Crippen molar-refractivity contribution in [1.29, 1.82) is 0 Å². The number of benzene rings is 5. The Morgan fingerprint density at radius 2 is 0.950 bits per heavy atom. The van der Waals surface area contributed by atoms with Crippen LogP contribution in [0.25, 0.3) is 10.8 Å². The third-order valence-corrected chi connectivity index (χ3v) is 16.1. The molecule has 1 aromatic heterocycles. The number of rotatable bonds is 22. The predicted octanol–water partition coefficient (Wildman–Crippen LogP) is -13.6. The van der Waals surface area contributed by atoms with Crippen LogP contribution in [0.2, 0.25) is 0 Å². The first-order chi connectivity index (χ1) is 34.5. The minimum atomic E-state index is -5.60. The summed E-state index contributed by atoms with van der Waals surface area (Å²) in [6, 6.07) is 13.4. The van der Waals surface area contributed by atoms with Gasteiger partial charge in [-0.2, -0.15) is 15.0 Å². The van der Waals surface area contributed by atoms with Crippen LogP contribution < -0.4 is 175 Å². The van der Waals surface area contributed by atoms with Gasteiger partial charge in [0, 0.05) is 22.4 Å². The van der Waals surface area contributed by atoms with Crippen LogP contribution in [0.1, 0.15) is 0 Å². The molecule has 6 aromatic rings. The van der Waals surface area contributed by atoms with E-state index in [1.54, 1.807) is 0 Å². The molecule has 5 aromatic carbocycles. The molecule has 0 saturated heterocycles. The number of nitrogens with zero attached hydrogens (tertiary/aromatic N) is 5. The maximum atomic E-state index is 12.9. The zero-order chi connectivity index (χ0) is 55.5. The number of hydrogen-bond acceptors (Lipinski definition) is 30. The molecule has 0 fully saturated rings. The average molecular weight is 1290 g/mol. The van der Waals surface area contributed by atoms with Gasteiger partial charge in [-0.1, -0.05) is 6.07 Å². The molecule has 0 aliphatic carbocycles. The number of sulfone groups is 2. The first-order valence-electron chi connectivity index (χ1n) is 19.6. The molecule has 6 N–H and O–H groups in total. The summed E-state index contributed by atoms with van der Waals surface area (Å²) in [7, 11) is -35.5. The number of hydrogen-bond donors (Lipinski definition) is 5. The Balaban J connectivity index is 0.00000640. The largest absolute Gasteiger partial charge is 1.00 e. The van der Waals surface area contributed by atoms with Gasteiger partial charge >= 0.3 is 154 Å². The van der Waals surface area contributed by atoms with Gasteiger partial charge in [-0.05, 0) is 90.3 Å². The molecule has 0 saturated carbocycles. The van der Waals surface area contributed by atoms with Crippen molar-refractivity contribution >= 4 is 140 Å². The maximum absolute atomic E-state index is 12.9. The van der Waals surface area contributed by atoms with E-state index < -0.39 is 133 Å². The Labute approximate surface area is 566 Å². The standard InChI is InChI=1S/C36H34N10O22S7.5Na/c37-33(47)41-29-17-23(6-9-28(29)45-46-30-19-27-20(15-32(30)73(58,59)60)14-26(71(52,53)54)18-31(27)72(55,56)57)40-36-43-34(38-21-4-7-24(8-5-21)69(48,49)12-10-67-74(61,62)63)42-35(44-36)39-22-2-1-3-25(16-22)70(50,51)13-11-68-75(64,65)66;;;;;/h1-9,14-19H,10-13H2,(H3,37,41,47)(H,52,53,54)(H,55,56,57)(H,58,59,60)(H,61,62,63)(H,64,65,66)(H3,38,39,40,42,43,44);;;;;/q;5*+1/p-5. The smallest absolute Gasteiger partial charge is 0.744 e. The molecule has 80 heavy (non-hydrogen) atoms. The summed E-state index contributed by atoms with van der Waals surface area (Å²) in [6.07, 6.45) is 0. The summed E-state index contributed by atoms with van der Waals surface area (Å²) in [5.74, 6) is -2.86. The number of nitrogens with two attached hydrogens (primary N) is 1. The second kappa shape index (κ2) is 30.4. The van der Waals surface area contributed by atoms with Gasteiger partial charge in [-0.3, -0.25) is 8.37 Å². The van der Waals surface area contributed by atoms with Crippen LogP contribution in [0, 0.1) is 0 Å². The molecular formula is C36H29N10Na5O22S7. The molecule has 402 valence electrons. The van der Waals surface area contributed by atoms with Crippen LogP contribution in [-0.2, 0) is 79.2 Å². The fourth-order valence-corrected chi connectivity index (χ4v) is 11.1. The topological polar surface area (TPSA) is 527 Å². The fraction of sp³-hybridized carbons (Fsp3) is 0.111. The number of amides is 2. The minimum Gasteiger partial charge on any atom is -0.744 e. The number of primary amides is 1. The van der Waals surface area contributed by atoms with E-state index in [1.807, 2.05) is 0 Å². The third-order valence-electron chi connectivity index (χ3n) is 9.28. The van der Waals surface area contributed by atoms with Crippen molar-refractivity contribution in [3.05, 3.63) is 91.0 Å². The van der Waals surface area contributed by atoms with Gasteiger partial charge in [0.2, 0.25) is 38.6 Å². The van der Waals surface area contributed by atoms with E-state index in [-0.39, 0.29) is 210 Å². The van der Waals surface area contributed by atoms with Crippen molar-refractivity contribution < 1.29 is 243 Å². The van der Waals surface area contributed by atoms with Gasteiger partial charge in [0.25, 0.3) is 0 Å². The number of carbonyl (C=O) groups is 1. The van der Waals surface area contributed by atoms with Crippen molar-refractivity contribution in [2.45, 2.75) is 24.5 Å². The fourth-order valence-electron chi connectivity index (χ4n) is 6.16. The molecule has 0 spiro atoms. The second-order valence-corrected chi connectivity index (χ2v) is 25.0. The van der Waals surface area contributed by atoms with Gasteiger partial charge in [-0.15, -0.1) is 10.2 Å². The number of anilines is 7. The van der Waals surface area contributed by atoms with Crippen LogP contribution in [-0.4, -0.2) is 127 Å². The van der Waals surface area contributed by atoms with E-state index in [9.17, 15) is 86.5 Å². The number of carbonyl (C=O) groups excluding carboxylic acids is 1. The molecular weight excluding hydrogens is 1260 g/mol. The Hall–Kier alpha value is -1.99. The number of azo groups is 1. The number of aromatic nitrogens is 3. The molecule has 0 aliphatic rings. The molecule has 6 rings (SSSR count). The van der Waals surface area contributed by atoms with Crippen LogP contribution in [0.4, 0.5) is 56.8 Å². The van der Waals surface area contributed by atoms with Crippen molar-refractivity contribution in [2.75, 3.05) is 46.0 Å². The van der Waals surface area contributed by atoms with Crippen LogP contribution in [0.15, 0.2) is 126 Å². The van der Waals surface area contributed by atoms with E-state index in [0.717, 1.165) is 36.4 Å². The molecule has 0 atom stereocenters. The van der Waals surface area contributed by atoms with Gasteiger partial charge in [-0.25, -0.2) is 63.7 Å². The average Bonchev–Trinajstić information content (AvgIpc) is 3.26. The van der Waals surface area contributed by atoms with E-state index in [0.29, 0.717) is 18.2 Å². The summed E-state index contributed by atoms with van der Waals surface area (Å²) in [5, 5.41) is 16.7. The summed E-state index contributed by atoms with van der Waals surface area (Å²) in [6.45, 7) is -1.98. The van der Waals surface area contributed by atoms with Crippen LogP contribution in [0.3, 0.4) is 0 Å². The van der Waals surface area contributed by atoms with Gasteiger partial charge < -0.3 is 49.8 Å². The van der Waals surface area contributed by atoms with Gasteiger partial charge in [0.05, 0.1) is 54.9 Å². The van der Waals surface area contributed by atoms with E-state index in [2.05, 4.69) is 54.8 Å². The van der Waals surface area contributed by atoms with Gasteiger partial charge in [0.15, 0.2) is 19.7 Å². The summed E-state index contributed by atoms with van der Waals surface area (Å²) in [4.78, 5) is 20.4. The molecule has 44 heteroatoms. The molecule has 0 aliphatic heterocycles. The van der Waals surface area contributed by atoms with E-state index >= 15 is 0 Å². The Morgan fingerprint density at radius 1 is 0.487 bits per heavy atom. The zero-order valence-corrected chi connectivity index (χ0v) is 57.4. The second-order valence-electron chi connectivity index (χ2n) is 14.6. The number of nitrogens with one attached hydrogen (secondary N) is 4. The molecule has 0 bridgehead atoms. The van der Waals surface area contributed by atoms with E-state index in [1.165, 1.54) is 30.3 Å². The molecule has 32 nitrogen and oxygen atoms in total. The Morgan fingerprint density at radius 3 is 1.43 bits per heavy atom. The molecule has 0 unspecified atom stereocenters. The SMILES string of the molecule is NC(=O)Nc1cc(Nc2nc(Nc3ccc(S(=O)(=O)CCOS(=O)(=O)[O-])cc3)nc(Nc3cccc(S(=O)(=O)CCOS(=O)(=O)[O-])c3)n2)ccc1N=Nc1cc2c(S(=O)(=O)[O-])cc(S(=O)(=O)[O-])cc2cc1S(=O)(=O)[O-].[Na+].[Na+].[Na+].[Na+].[Na+]. The maximum Gasteiger partial charge on any atom is 1.00 e. The van der Waals surface area contributed by atoms with Crippen molar-refractivity contribution in [3.8, 4) is 0 Å². The van der Waals surface area contributed by atoms with E-state index in [4.69, 9.17) is 5.73 Å². The van der Waals surface area contributed by atoms with Crippen LogP contribution >= 0.6 is 0 Å². The summed E-state index contributed by atoms with van der Waals surface area (Å²) < 4.78 is 233. The normalized spacial score (nSPS) is 12.1. The minimum absolute atomic E-state index is 0. The van der Waals surface area contributed by atoms with Crippen molar-refractivity contribution in [3.63, 3.8) is 0 Å². The van der Waals surface area contributed by atoms with Crippen molar-refractivity contribution in [1.82, 2.24) is 15.0 Å². The summed E-state index contributed by atoms with van der Waals surface area (Å²) >= 11 is 0. The first-order valence-corrected chi connectivity index (χ1v) is 29.8. The van der Waals surface area contributed by atoms with Crippen molar-refractivity contribution in [2.24, 2.45) is 16.0 Å². The molecule has 1 heterocycles. The first kappa shape index (κ1) is 76.0. The third kappa shape index (κ3) is 22.5. The Kier molecular flexibility index (Phi) is 28.9. The number of fused-ring (bicyclic) bond motifs is 1. The zero-order valence-electron chi connectivity index (χ0n) is 41.6. The predicted molar refractivity (Wildman–Crippen MR) is 250 cm³/mol. The number of urea groups is 1. The van der Waals surface area contributed by atoms with Crippen LogP contribution in [0.5, 0.6) is 0 Å². The molecule has 0 radical (unpaired) electrons. The Bertz CT molecular complexity index is 4140. The monoisotopic (exact) mass is 1290 g/mol. The van der Waals surface area contributed by atoms with Gasteiger partial charge in [0.1, 0.15) is 41.7 Å². The molecule has 2 amide bonds.